The summed E-state index contributed by atoms with van der Waals surface area (Å²) >= 11 is 0. The number of aromatic nitrogens is 1. The second kappa shape index (κ2) is 13.2. The maximum Gasteiger partial charge on any atom is 0.228 e. The standard InChI is InChI=1S/C29H40N4O2/c1-5-8-16-33(15-6-2)20-22-9-11-23(12-10-22)29(34)32-28-18-26-17-24(13-14-25(26)19-31-28)27(7-3)35-21(4)30/h5,7,13-14,17-19,22-23,30H,1,6,8-12,15-16,20H2,2-4H3,(H,31,32,34)/b27-7-,30-21?. The Morgan fingerprint density at radius 3 is 2.66 bits per heavy atom. The molecule has 1 amide bonds. The molecule has 1 aromatic carbocycles. The van der Waals surface area contributed by atoms with Gasteiger partial charge in [-0.15, -0.1) is 6.58 Å². The predicted molar refractivity (Wildman–Crippen MR) is 146 cm³/mol. The molecule has 1 aliphatic rings. The van der Waals surface area contributed by atoms with E-state index < -0.39 is 0 Å². The number of anilines is 1. The van der Waals surface area contributed by atoms with E-state index in [0.717, 1.165) is 68.1 Å². The van der Waals surface area contributed by atoms with Crippen LogP contribution in [0.1, 0.15) is 64.9 Å². The van der Waals surface area contributed by atoms with Gasteiger partial charge in [0.15, 0.2) is 5.90 Å². The first-order valence-corrected chi connectivity index (χ1v) is 12.9. The Hall–Kier alpha value is -2.99. The van der Waals surface area contributed by atoms with Crippen LogP contribution in [-0.4, -0.2) is 41.3 Å². The largest absolute Gasteiger partial charge is 0.444 e. The Balaban J connectivity index is 1.59. The van der Waals surface area contributed by atoms with E-state index in [1.807, 2.05) is 43.3 Å². The second-order valence-corrected chi connectivity index (χ2v) is 9.53. The van der Waals surface area contributed by atoms with Crippen LogP contribution in [0.3, 0.4) is 0 Å². The van der Waals surface area contributed by atoms with Gasteiger partial charge in [0, 0.05) is 43.1 Å². The van der Waals surface area contributed by atoms with Crippen LogP contribution in [0.2, 0.25) is 0 Å². The van der Waals surface area contributed by atoms with Gasteiger partial charge in [-0.05, 0) is 81.5 Å². The van der Waals surface area contributed by atoms with Gasteiger partial charge in [0.2, 0.25) is 5.91 Å². The van der Waals surface area contributed by atoms with Crippen molar-refractivity contribution < 1.29 is 9.53 Å². The molecule has 0 radical (unpaired) electrons. The molecule has 1 aliphatic carbocycles. The molecule has 0 unspecified atom stereocenters. The summed E-state index contributed by atoms with van der Waals surface area (Å²) in [5.41, 5.74) is 0.888. The third kappa shape index (κ3) is 7.76. The summed E-state index contributed by atoms with van der Waals surface area (Å²) in [6.07, 6.45) is 11.9. The number of hydrogen-bond donors (Lipinski definition) is 2. The van der Waals surface area contributed by atoms with Crippen molar-refractivity contribution in [2.75, 3.05) is 25.0 Å². The molecule has 0 bridgehead atoms. The summed E-state index contributed by atoms with van der Waals surface area (Å²) in [6, 6.07) is 7.85. The number of carbonyl (C=O) groups excluding carboxylic acids is 1. The van der Waals surface area contributed by atoms with Gasteiger partial charge in [-0.1, -0.05) is 25.1 Å². The van der Waals surface area contributed by atoms with Crippen LogP contribution in [0, 0.1) is 17.2 Å². The maximum atomic E-state index is 13.0. The van der Waals surface area contributed by atoms with Gasteiger partial charge < -0.3 is 15.0 Å². The summed E-state index contributed by atoms with van der Waals surface area (Å²) in [6.45, 7) is 12.9. The summed E-state index contributed by atoms with van der Waals surface area (Å²) in [5.74, 6) is 2.14. The number of amides is 1. The summed E-state index contributed by atoms with van der Waals surface area (Å²) in [4.78, 5) is 20.0. The Morgan fingerprint density at radius 2 is 2.00 bits per heavy atom. The minimum atomic E-state index is 0.0430. The van der Waals surface area contributed by atoms with Crippen molar-refractivity contribution in [1.82, 2.24) is 9.88 Å². The molecular weight excluding hydrogens is 436 g/mol. The molecular formula is C29H40N4O2. The van der Waals surface area contributed by atoms with Gasteiger partial charge in [-0.25, -0.2) is 4.98 Å². The molecule has 0 aliphatic heterocycles. The monoisotopic (exact) mass is 476 g/mol. The number of nitrogens with one attached hydrogen (secondary N) is 2. The van der Waals surface area contributed by atoms with Crippen LogP contribution in [0.4, 0.5) is 5.82 Å². The normalized spacial score (nSPS) is 18.5. The van der Waals surface area contributed by atoms with Gasteiger partial charge in [0.25, 0.3) is 0 Å². The molecule has 0 saturated heterocycles. The maximum absolute atomic E-state index is 13.0. The van der Waals surface area contributed by atoms with Crippen molar-refractivity contribution in [2.45, 2.75) is 59.3 Å². The van der Waals surface area contributed by atoms with E-state index in [-0.39, 0.29) is 17.7 Å². The number of carbonyl (C=O) groups is 1. The summed E-state index contributed by atoms with van der Waals surface area (Å²) in [5, 5.41) is 12.6. The highest BCUT2D eigenvalue weighted by Gasteiger charge is 2.27. The minimum absolute atomic E-state index is 0.0430. The van der Waals surface area contributed by atoms with E-state index in [4.69, 9.17) is 10.1 Å². The quantitative estimate of drug-likeness (QED) is 0.165. The van der Waals surface area contributed by atoms with Gasteiger partial charge >= 0.3 is 0 Å². The van der Waals surface area contributed by atoms with Crippen molar-refractivity contribution in [2.24, 2.45) is 11.8 Å². The lowest BCUT2D eigenvalue weighted by atomic mass is 9.81. The molecule has 1 aromatic heterocycles. The van der Waals surface area contributed by atoms with E-state index in [0.29, 0.717) is 17.5 Å². The molecule has 6 nitrogen and oxygen atoms in total. The molecule has 35 heavy (non-hydrogen) atoms. The lowest BCUT2D eigenvalue weighted by Crippen LogP contribution is -2.34. The first-order valence-electron chi connectivity index (χ1n) is 12.9. The van der Waals surface area contributed by atoms with Gasteiger partial charge in [-0.2, -0.15) is 0 Å². The third-order valence-electron chi connectivity index (χ3n) is 6.71. The molecule has 2 N–H and O–H groups in total. The Morgan fingerprint density at radius 1 is 1.23 bits per heavy atom. The van der Waals surface area contributed by atoms with Crippen LogP contribution in [0.25, 0.3) is 16.5 Å². The summed E-state index contributed by atoms with van der Waals surface area (Å²) < 4.78 is 5.53. The highest BCUT2D eigenvalue weighted by atomic mass is 16.5. The SMILES string of the molecule is C=CCCN(CCC)CC1CCC(C(=O)Nc2cc3cc(/C(=C/C)OC(C)=N)ccc3cn2)CC1. The lowest BCUT2D eigenvalue weighted by Gasteiger charge is -2.32. The lowest BCUT2D eigenvalue weighted by molar-refractivity contribution is -0.121. The highest BCUT2D eigenvalue weighted by Crippen LogP contribution is 2.31. The van der Waals surface area contributed by atoms with Crippen LogP contribution < -0.4 is 5.32 Å². The number of pyridine rings is 1. The zero-order valence-electron chi connectivity index (χ0n) is 21.5. The fraction of sp³-hybridized carbons (Fsp3) is 0.483. The number of fused-ring (bicyclic) bond motifs is 1. The molecule has 2 aromatic rings. The Kier molecular flexibility index (Phi) is 10.0. The number of hydrogen-bond acceptors (Lipinski definition) is 5. The van der Waals surface area contributed by atoms with Crippen LogP contribution >= 0.6 is 0 Å². The number of rotatable bonds is 11. The fourth-order valence-electron chi connectivity index (χ4n) is 4.90. The van der Waals surface area contributed by atoms with Crippen LogP contribution in [0.5, 0.6) is 0 Å². The zero-order chi connectivity index (χ0) is 25.2. The zero-order valence-corrected chi connectivity index (χ0v) is 21.5. The van der Waals surface area contributed by atoms with Crippen molar-refractivity contribution in [3.8, 4) is 0 Å². The second-order valence-electron chi connectivity index (χ2n) is 9.53. The molecule has 188 valence electrons. The number of allylic oxidation sites excluding steroid dienone is 1. The molecule has 0 atom stereocenters. The molecule has 1 fully saturated rings. The van der Waals surface area contributed by atoms with E-state index in [2.05, 4.69) is 28.7 Å². The first-order chi connectivity index (χ1) is 16.9. The Bertz CT molecular complexity index is 1050. The summed E-state index contributed by atoms with van der Waals surface area (Å²) in [7, 11) is 0. The highest BCUT2D eigenvalue weighted by molar-refractivity contribution is 5.94. The van der Waals surface area contributed by atoms with E-state index in [1.54, 1.807) is 13.1 Å². The van der Waals surface area contributed by atoms with Crippen LogP contribution in [0.15, 0.2) is 49.2 Å². The van der Waals surface area contributed by atoms with E-state index >= 15 is 0 Å². The van der Waals surface area contributed by atoms with Gasteiger partial charge in [0.05, 0.1) is 0 Å². The average Bonchev–Trinajstić information content (AvgIpc) is 2.85. The third-order valence-corrected chi connectivity index (χ3v) is 6.71. The minimum Gasteiger partial charge on any atom is -0.444 e. The number of nitrogens with zero attached hydrogens (tertiary/aromatic N) is 2. The average molecular weight is 477 g/mol. The predicted octanol–water partition coefficient (Wildman–Crippen LogP) is 6.64. The van der Waals surface area contributed by atoms with Crippen LogP contribution in [-0.2, 0) is 9.53 Å². The van der Waals surface area contributed by atoms with Crippen molar-refractivity contribution in [3.63, 3.8) is 0 Å². The number of ether oxygens (including phenoxy) is 1. The molecule has 0 spiro atoms. The van der Waals surface area contributed by atoms with E-state index in [1.165, 1.54) is 6.42 Å². The topological polar surface area (TPSA) is 78.3 Å². The first kappa shape index (κ1) is 26.6. The molecule has 3 rings (SSSR count). The van der Waals surface area contributed by atoms with Crippen molar-refractivity contribution in [1.29, 1.82) is 5.41 Å². The smallest absolute Gasteiger partial charge is 0.228 e. The van der Waals surface area contributed by atoms with E-state index in [9.17, 15) is 4.79 Å². The van der Waals surface area contributed by atoms with Gasteiger partial charge in [0.1, 0.15) is 11.6 Å². The van der Waals surface area contributed by atoms with Crippen molar-refractivity contribution in [3.05, 3.63) is 54.8 Å². The number of benzene rings is 1. The van der Waals surface area contributed by atoms with Crippen molar-refractivity contribution >= 4 is 34.2 Å². The molecule has 1 heterocycles. The molecule has 6 heteroatoms. The fourth-order valence-corrected chi connectivity index (χ4v) is 4.90. The Labute approximate surface area is 210 Å². The van der Waals surface area contributed by atoms with Gasteiger partial charge in [-0.3, -0.25) is 10.2 Å². The molecule has 1 saturated carbocycles.